The first-order chi connectivity index (χ1) is 11.8. The van der Waals surface area contributed by atoms with Crippen molar-refractivity contribution < 1.29 is 14.4 Å². The largest absolute Gasteiger partial charge is 0.324 e. The molecule has 6 heteroatoms. The summed E-state index contributed by atoms with van der Waals surface area (Å²) in [5, 5.41) is 2.72. The molecule has 3 rings (SSSR count). The molecule has 0 saturated heterocycles. The fourth-order valence-electron chi connectivity index (χ4n) is 2.65. The van der Waals surface area contributed by atoms with E-state index in [1.165, 1.54) is 0 Å². The minimum absolute atomic E-state index is 0.150. The van der Waals surface area contributed by atoms with Gasteiger partial charge in [0, 0.05) is 23.0 Å². The first kappa shape index (κ1) is 16.8. The molecule has 1 aliphatic rings. The minimum atomic E-state index is -0.444. The highest BCUT2D eigenvalue weighted by Gasteiger charge is 2.36. The maximum atomic E-state index is 12.3. The summed E-state index contributed by atoms with van der Waals surface area (Å²) in [5.41, 5.74) is 1.94. The highest BCUT2D eigenvalue weighted by Crippen LogP contribution is 2.24. The second kappa shape index (κ2) is 6.12. The smallest absolute Gasteiger partial charge is 0.262 e. The van der Waals surface area contributed by atoms with Gasteiger partial charge in [-0.25, -0.2) is 0 Å². The number of pyridine rings is 1. The Hall–Kier alpha value is -3.02. The van der Waals surface area contributed by atoms with E-state index in [9.17, 15) is 14.4 Å². The molecule has 2 aromatic rings. The maximum Gasteiger partial charge on any atom is 0.262 e. The van der Waals surface area contributed by atoms with Crippen LogP contribution in [0.5, 0.6) is 0 Å². The monoisotopic (exact) mass is 337 g/mol. The van der Waals surface area contributed by atoms with E-state index in [2.05, 4.69) is 10.3 Å². The van der Waals surface area contributed by atoms with Crippen molar-refractivity contribution in [3.63, 3.8) is 0 Å². The maximum absolute atomic E-state index is 12.3. The molecular weight excluding hydrogens is 318 g/mol. The molecule has 3 amide bonds. The Kier molecular flexibility index (Phi) is 4.12. The van der Waals surface area contributed by atoms with E-state index in [4.69, 9.17) is 0 Å². The zero-order valence-electron chi connectivity index (χ0n) is 14.4. The van der Waals surface area contributed by atoms with E-state index in [0.717, 1.165) is 10.6 Å². The number of carbonyl (C=O) groups is 3. The number of amides is 3. The highest BCUT2D eigenvalue weighted by molar-refractivity contribution is 6.22. The zero-order valence-corrected chi connectivity index (χ0v) is 14.4. The summed E-state index contributed by atoms with van der Waals surface area (Å²) in [5.74, 6) is -1.32. The number of hydrogen-bond acceptors (Lipinski definition) is 4. The van der Waals surface area contributed by atoms with Gasteiger partial charge in [-0.3, -0.25) is 24.3 Å². The second-order valence-electron chi connectivity index (χ2n) is 6.97. The molecule has 0 atom stereocenters. The predicted octanol–water partition coefficient (Wildman–Crippen LogP) is 2.61. The third-order valence-corrected chi connectivity index (χ3v) is 3.99. The molecule has 0 spiro atoms. The van der Waals surface area contributed by atoms with Gasteiger partial charge >= 0.3 is 0 Å². The third-order valence-electron chi connectivity index (χ3n) is 3.99. The van der Waals surface area contributed by atoms with Crippen LogP contribution >= 0.6 is 0 Å². The normalized spacial score (nSPS) is 13.8. The lowest BCUT2D eigenvalue weighted by Crippen LogP contribution is -2.37. The first-order valence-corrected chi connectivity index (χ1v) is 7.99. The van der Waals surface area contributed by atoms with Gasteiger partial charge in [0.2, 0.25) is 5.91 Å². The Labute approximate surface area is 145 Å². The average molecular weight is 337 g/mol. The van der Waals surface area contributed by atoms with Crippen LogP contribution in [0.4, 0.5) is 5.69 Å². The molecule has 25 heavy (non-hydrogen) atoms. The van der Waals surface area contributed by atoms with Crippen molar-refractivity contribution in [1.29, 1.82) is 0 Å². The molecule has 0 bridgehead atoms. The number of anilines is 1. The quantitative estimate of drug-likeness (QED) is 0.873. The number of nitrogens with one attached hydrogen (secondary N) is 1. The van der Waals surface area contributed by atoms with E-state index in [1.54, 1.807) is 42.6 Å². The SMILES string of the molecule is CC(C)(C)c1cc(NC(=O)CN2C(=O)c3ccccc3C2=O)ccn1. The van der Waals surface area contributed by atoms with Crippen LogP contribution in [0.3, 0.4) is 0 Å². The van der Waals surface area contributed by atoms with Gasteiger partial charge in [0.15, 0.2) is 0 Å². The molecule has 0 unspecified atom stereocenters. The molecule has 1 aromatic carbocycles. The predicted molar refractivity (Wildman–Crippen MR) is 93.4 cm³/mol. The molecule has 2 heterocycles. The summed E-state index contributed by atoms with van der Waals surface area (Å²) < 4.78 is 0. The summed E-state index contributed by atoms with van der Waals surface area (Å²) in [6, 6.07) is 10.0. The van der Waals surface area contributed by atoms with Gasteiger partial charge in [-0.05, 0) is 24.3 Å². The van der Waals surface area contributed by atoms with E-state index in [-0.39, 0.29) is 12.0 Å². The number of rotatable bonds is 3. The molecule has 1 aliphatic heterocycles. The number of benzene rings is 1. The van der Waals surface area contributed by atoms with E-state index < -0.39 is 17.7 Å². The summed E-state index contributed by atoms with van der Waals surface area (Å²) in [6.45, 7) is 5.76. The van der Waals surface area contributed by atoms with Gasteiger partial charge in [0.05, 0.1) is 11.1 Å². The van der Waals surface area contributed by atoms with Crippen LogP contribution in [-0.2, 0) is 10.2 Å². The molecule has 1 aromatic heterocycles. The Bertz CT molecular complexity index is 833. The van der Waals surface area contributed by atoms with Gasteiger partial charge in [-0.2, -0.15) is 0 Å². The zero-order chi connectivity index (χ0) is 18.2. The second-order valence-corrected chi connectivity index (χ2v) is 6.97. The number of nitrogens with zero attached hydrogens (tertiary/aromatic N) is 2. The van der Waals surface area contributed by atoms with E-state index >= 15 is 0 Å². The average Bonchev–Trinajstić information content (AvgIpc) is 2.80. The van der Waals surface area contributed by atoms with Crippen LogP contribution < -0.4 is 5.32 Å². The highest BCUT2D eigenvalue weighted by atomic mass is 16.2. The number of imide groups is 1. The topological polar surface area (TPSA) is 79.4 Å². The standard InChI is InChI=1S/C19H19N3O3/c1-19(2,3)15-10-12(8-9-20-15)21-16(23)11-22-17(24)13-6-4-5-7-14(13)18(22)25/h4-10H,11H2,1-3H3,(H,20,21,23). The van der Waals surface area contributed by atoms with Crippen LogP contribution in [0.1, 0.15) is 47.2 Å². The van der Waals surface area contributed by atoms with Gasteiger partial charge in [-0.15, -0.1) is 0 Å². The van der Waals surface area contributed by atoms with Crippen LogP contribution in [-0.4, -0.2) is 34.2 Å². The van der Waals surface area contributed by atoms with Crippen molar-refractivity contribution in [2.75, 3.05) is 11.9 Å². The number of aromatic nitrogens is 1. The fraction of sp³-hybridized carbons (Fsp3) is 0.263. The molecule has 0 saturated carbocycles. The molecule has 0 aliphatic carbocycles. The third kappa shape index (κ3) is 3.28. The Morgan fingerprint density at radius 1 is 1.08 bits per heavy atom. The lowest BCUT2D eigenvalue weighted by molar-refractivity contribution is -0.116. The summed E-state index contributed by atoms with van der Waals surface area (Å²) in [7, 11) is 0. The van der Waals surface area contributed by atoms with E-state index in [1.807, 2.05) is 20.8 Å². The molecule has 1 N–H and O–H groups in total. The van der Waals surface area contributed by atoms with Crippen molar-refractivity contribution in [2.45, 2.75) is 26.2 Å². The lowest BCUT2D eigenvalue weighted by Gasteiger charge is -2.19. The van der Waals surface area contributed by atoms with Crippen molar-refractivity contribution >= 4 is 23.4 Å². The van der Waals surface area contributed by atoms with E-state index in [0.29, 0.717) is 16.8 Å². The van der Waals surface area contributed by atoms with Gasteiger partial charge in [-0.1, -0.05) is 32.9 Å². The molecule has 0 fully saturated rings. The first-order valence-electron chi connectivity index (χ1n) is 7.99. The van der Waals surface area contributed by atoms with Crippen molar-refractivity contribution in [2.24, 2.45) is 0 Å². The van der Waals surface area contributed by atoms with Crippen molar-refractivity contribution in [1.82, 2.24) is 9.88 Å². The van der Waals surface area contributed by atoms with Crippen LogP contribution in [0.15, 0.2) is 42.6 Å². The number of hydrogen-bond donors (Lipinski definition) is 1. The molecule has 128 valence electrons. The van der Waals surface area contributed by atoms with Crippen molar-refractivity contribution in [3.8, 4) is 0 Å². The molecule has 6 nitrogen and oxygen atoms in total. The van der Waals surface area contributed by atoms with Gasteiger partial charge < -0.3 is 5.32 Å². The van der Waals surface area contributed by atoms with Crippen LogP contribution in [0.2, 0.25) is 0 Å². The fourth-order valence-corrected chi connectivity index (χ4v) is 2.65. The Balaban J connectivity index is 1.72. The lowest BCUT2D eigenvalue weighted by atomic mass is 9.91. The van der Waals surface area contributed by atoms with Gasteiger partial charge in [0.1, 0.15) is 6.54 Å². The van der Waals surface area contributed by atoms with Gasteiger partial charge in [0.25, 0.3) is 11.8 Å². The van der Waals surface area contributed by atoms with Crippen LogP contribution in [0, 0.1) is 0 Å². The summed E-state index contributed by atoms with van der Waals surface area (Å²) in [4.78, 5) is 42.2. The summed E-state index contributed by atoms with van der Waals surface area (Å²) in [6.07, 6.45) is 1.62. The Morgan fingerprint density at radius 2 is 1.68 bits per heavy atom. The minimum Gasteiger partial charge on any atom is -0.324 e. The Morgan fingerprint density at radius 3 is 2.24 bits per heavy atom. The van der Waals surface area contributed by atoms with Crippen LogP contribution in [0.25, 0.3) is 0 Å². The number of fused-ring (bicyclic) bond motifs is 1. The molecular formula is C19H19N3O3. The summed E-state index contributed by atoms with van der Waals surface area (Å²) >= 11 is 0. The molecule has 0 radical (unpaired) electrons. The number of carbonyl (C=O) groups excluding carboxylic acids is 3. The van der Waals surface area contributed by atoms with Crippen molar-refractivity contribution in [3.05, 3.63) is 59.4 Å².